The molecule has 2 heterocycles. The topological polar surface area (TPSA) is 154 Å². The molecule has 1 aliphatic heterocycles. The summed E-state index contributed by atoms with van der Waals surface area (Å²) in [6, 6.07) is 14.8. The number of nitrogens with one attached hydrogen (secondary N) is 1. The molecule has 0 aliphatic carbocycles. The van der Waals surface area contributed by atoms with Crippen LogP contribution in [0.25, 0.3) is 11.0 Å². The minimum Gasteiger partial charge on any atom is -0.489 e. The summed E-state index contributed by atoms with van der Waals surface area (Å²) in [5, 5.41) is 24.3. The summed E-state index contributed by atoms with van der Waals surface area (Å²) < 4.78 is 28.1. The quantitative estimate of drug-likeness (QED) is 0.279. The van der Waals surface area contributed by atoms with Gasteiger partial charge in [-0.3, -0.25) is 9.59 Å². The molecule has 0 spiro atoms. The van der Waals surface area contributed by atoms with Gasteiger partial charge in [0.05, 0.1) is 5.41 Å². The smallest absolute Gasteiger partial charge is 0.379 e. The third-order valence-electron chi connectivity index (χ3n) is 6.23. The van der Waals surface area contributed by atoms with E-state index in [0.717, 1.165) is 5.56 Å². The number of aliphatic hydroxyl groups excluding tert-OH is 2. The van der Waals surface area contributed by atoms with Gasteiger partial charge in [0.1, 0.15) is 48.9 Å². The van der Waals surface area contributed by atoms with Crippen LogP contribution in [-0.4, -0.2) is 59.3 Å². The van der Waals surface area contributed by atoms with E-state index in [0.29, 0.717) is 17.7 Å². The summed E-state index contributed by atoms with van der Waals surface area (Å²) in [6.07, 6.45) is -5.70. The number of benzene rings is 2. The summed E-state index contributed by atoms with van der Waals surface area (Å²) >= 11 is 0. The van der Waals surface area contributed by atoms with E-state index in [4.69, 9.17) is 23.4 Å². The highest BCUT2D eigenvalue weighted by molar-refractivity contribution is 5.79. The Morgan fingerprint density at radius 2 is 1.75 bits per heavy atom. The van der Waals surface area contributed by atoms with E-state index in [1.165, 1.54) is 13.0 Å². The highest BCUT2D eigenvalue weighted by Gasteiger charge is 2.47. The van der Waals surface area contributed by atoms with E-state index in [-0.39, 0.29) is 17.9 Å². The first kappa shape index (κ1) is 29.1. The predicted molar refractivity (Wildman–Crippen MR) is 143 cm³/mol. The highest BCUT2D eigenvalue weighted by Crippen LogP contribution is 2.27. The molecule has 4 rings (SSSR count). The first-order valence-electron chi connectivity index (χ1n) is 12.8. The van der Waals surface area contributed by atoms with Crippen molar-refractivity contribution in [3.63, 3.8) is 0 Å². The number of hydrogen-bond acceptors (Lipinski definition) is 10. The third-order valence-corrected chi connectivity index (χ3v) is 6.23. The number of fused-ring (bicyclic) bond motifs is 1. The second-order valence-corrected chi connectivity index (χ2v) is 10.6. The average molecular weight is 556 g/mol. The maximum Gasteiger partial charge on any atom is 0.379 e. The van der Waals surface area contributed by atoms with Crippen molar-refractivity contribution in [1.82, 2.24) is 5.32 Å². The van der Waals surface area contributed by atoms with Crippen LogP contribution in [0.4, 0.5) is 0 Å². The van der Waals surface area contributed by atoms with Gasteiger partial charge in [-0.05, 0) is 44.5 Å². The second-order valence-electron chi connectivity index (χ2n) is 10.6. The number of ether oxygens (including phenoxy) is 4. The minimum absolute atomic E-state index is 0.250. The lowest BCUT2D eigenvalue weighted by Gasteiger charge is -2.42. The minimum atomic E-state index is -1.56. The molecule has 1 unspecified atom stereocenters. The molecule has 1 fully saturated rings. The fourth-order valence-electron chi connectivity index (χ4n) is 4.04. The van der Waals surface area contributed by atoms with Crippen molar-refractivity contribution in [2.75, 3.05) is 6.61 Å². The van der Waals surface area contributed by atoms with E-state index in [1.54, 1.807) is 39.0 Å². The second kappa shape index (κ2) is 12.1. The molecule has 40 heavy (non-hydrogen) atoms. The van der Waals surface area contributed by atoms with Crippen molar-refractivity contribution in [3.05, 3.63) is 70.6 Å². The van der Waals surface area contributed by atoms with Crippen LogP contribution in [-0.2, 0) is 25.7 Å². The molecular weight excluding hydrogens is 522 g/mol. The van der Waals surface area contributed by atoms with Crippen LogP contribution in [0, 0.1) is 5.41 Å². The Balaban J connectivity index is 1.53. The molecule has 0 radical (unpaired) electrons. The van der Waals surface area contributed by atoms with E-state index < -0.39 is 53.6 Å². The van der Waals surface area contributed by atoms with Crippen LogP contribution in [0.3, 0.4) is 0 Å². The summed E-state index contributed by atoms with van der Waals surface area (Å²) in [4.78, 5) is 36.8. The van der Waals surface area contributed by atoms with Gasteiger partial charge in [-0.1, -0.05) is 30.3 Å². The van der Waals surface area contributed by atoms with Crippen molar-refractivity contribution in [3.8, 4) is 11.5 Å². The SMILES string of the molecule is CC(=O)N[C@H]1C(Oc2cc3ccc(OCc4ccccc4)cc3oc2=O)O[C@H](COC(=O)C(C)(C)C)[C@@H](O)[C@@H]1O. The van der Waals surface area contributed by atoms with Crippen LogP contribution in [0.5, 0.6) is 11.5 Å². The van der Waals surface area contributed by atoms with Gasteiger partial charge in [0.25, 0.3) is 0 Å². The van der Waals surface area contributed by atoms with Gasteiger partial charge in [0.15, 0.2) is 0 Å². The number of carbonyl (C=O) groups excluding carboxylic acids is 2. The van der Waals surface area contributed by atoms with Gasteiger partial charge in [-0.25, -0.2) is 4.79 Å². The van der Waals surface area contributed by atoms with Crippen LogP contribution in [0.15, 0.2) is 63.8 Å². The van der Waals surface area contributed by atoms with E-state index in [2.05, 4.69) is 5.32 Å². The number of rotatable bonds is 8. The van der Waals surface area contributed by atoms with Gasteiger partial charge in [0.2, 0.25) is 17.9 Å². The Kier molecular flexibility index (Phi) is 8.77. The number of esters is 1. The Morgan fingerprint density at radius 1 is 1.02 bits per heavy atom. The molecule has 1 aliphatic rings. The zero-order valence-electron chi connectivity index (χ0n) is 22.7. The summed E-state index contributed by atoms with van der Waals surface area (Å²) in [6.45, 7) is 6.16. The van der Waals surface area contributed by atoms with Gasteiger partial charge >= 0.3 is 11.6 Å². The zero-order chi connectivity index (χ0) is 29.0. The monoisotopic (exact) mass is 555 g/mol. The van der Waals surface area contributed by atoms with E-state index in [9.17, 15) is 24.6 Å². The van der Waals surface area contributed by atoms with E-state index in [1.807, 2.05) is 30.3 Å². The molecule has 1 aromatic heterocycles. The molecular formula is C29H33NO10. The number of aliphatic hydroxyl groups is 2. The molecule has 214 valence electrons. The zero-order valence-corrected chi connectivity index (χ0v) is 22.7. The lowest BCUT2D eigenvalue weighted by atomic mass is 9.96. The fourth-order valence-corrected chi connectivity index (χ4v) is 4.04. The summed E-state index contributed by atoms with van der Waals surface area (Å²) in [7, 11) is 0. The molecule has 3 aromatic rings. The highest BCUT2D eigenvalue weighted by atomic mass is 16.7. The molecule has 1 amide bonds. The van der Waals surface area contributed by atoms with Gasteiger partial charge < -0.3 is 38.9 Å². The molecule has 3 N–H and O–H groups in total. The lowest BCUT2D eigenvalue weighted by Crippen LogP contribution is -2.65. The molecule has 11 nitrogen and oxygen atoms in total. The maximum atomic E-state index is 12.8. The number of amides is 1. The van der Waals surface area contributed by atoms with Gasteiger partial charge in [-0.2, -0.15) is 0 Å². The Morgan fingerprint density at radius 3 is 2.42 bits per heavy atom. The van der Waals surface area contributed by atoms with Crippen LogP contribution >= 0.6 is 0 Å². The number of hydrogen-bond donors (Lipinski definition) is 3. The summed E-state index contributed by atoms with van der Waals surface area (Å²) in [5.74, 6) is -0.819. The normalized spacial score (nSPS) is 22.9. The Hall–Kier alpha value is -3.93. The molecule has 0 bridgehead atoms. The van der Waals surface area contributed by atoms with Crippen LogP contribution in [0.1, 0.15) is 33.3 Å². The standard InChI is InChI=1S/C29H33NO10/c1-16(31)30-23-25(33)24(32)22(15-37-28(35)29(2,3)4)40-27(23)39-21-12-18-10-11-19(13-20(18)38-26(21)34)36-14-17-8-6-5-7-9-17/h5-13,22-25,27,32-33H,14-15H2,1-4H3,(H,30,31)/t22-,23-,24-,25-,27?/m1/s1. The van der Waals surface area contributed by atoms with E-state index >= 15 is 0 Å². The van der Waals surface area contributed by atoms with Crippen LogP contribution < -0.4 is 20.4 Å². The average Bonchev–Trinajstić information content (AvgIpc) is 2.90. The van der Waals surface area contributed by atoms with Gasteiger partial charge in [0, 0.05) is 18.4 Å². The third kappa shape index (κ3) is 6.98. The molecule has 11 heteroatoms. The van der Waals surface area contributed by atoms with Crippen molar-refractivity contribution < 1.29 is 43.2 Å². The Labute approximate surface area is 230 Å². The van der Waals surface area contributed by atoms with Crippen molar-refractivity contribution in [2.45, 2.75) is 64.9 Å². The predicted octanol–water partition coefficient (Wildman–Crippen LogP) is 2.29. The first-order valence-corrected chi connectivity index (χ1v) is 12.8. The fraction of sp³-hybridized carbons (Fsp3) is 0.414. The molecule has 1 saturated heterocycles. The van der Waals surface area contributed by atoms with Crippen molar-refractivity contribution in [1.29, 1.82) is 0 Å². The number of carbonyl (C=O) groups is 2. The van der Waals surface area contributed by atoms with Crippen molar-refractivity contribution in [2.24, 2.45) is 5.41 Å². The maximum absolute atomic E-state index is 12.8. The largest absolute Gasteiger partial charge is 0.489 e. The first-order chi connectivity index (χ1) is 18.9. The lowest BCUT2D eigenvalue weighted by molar-refractivity contribution is -0.247. The summed E-state index contributed by atoms with van der Waals surface area (Å²) in [5.41, 5.74) is -0.404. The van der Waals surface area contributed by atoms with Gasteiger partial charge in [-0.15, -0.1) is 0 Å². The Bertz CT molecular complexity index is 1400. The van der Waals surface area contributed by atoms with Crippen LogP contribution in [0.2, 0.25) is 0 Å². The molecule has 5 atom stereocenters. The molecule has 2 aromatic carbocycles. The van der Waals surface area contributed by atoms with Crippen molar-refractivity contribution >= 4 is 22.8 Å². The molecule has 0 saturated carbocycles.